The van der Waals surface area contributed by atoms with Gasteiger partial charge in [-0.3, -0.25) is 0 Å². The van der Waals surface area contributed by atoms with Gasteiger partial charge in [0.2, 0.25) is 0 Å². The Morgan fingerprint density at radius 3 is 2.59 bits per heavy atom. The molecule has 2 N–H and O–H groups in total. The van der Waals surface area contributed by atoms with Crippen molar-refractivity contribution in [2.24, 2.45) is 0 Å². The van der Waals surface area contributed by atoms with Gasteiger partial charge in [-0.1, -0.05) is 48.5 Å². The summed E-state index contributed by atoms with van der Waals surface area (Å²) < 4.78 is 12.3. The van der Waals surface area contributed by atoms with E-state index in [0.29, 0.717) is 11.0 Å². The number of rotatable bonds is 2. The monoisotopic (exact) mass is 380 g/mol. The van der Waals surface area contributed by atoms with E-state index < -0.39 is 7.12 Å². The minimum absolute atomic E-state index is 0.129. The fraction of sp³-hybridized carbons (Fsp3) is 0.0833. The quantitative estimate of drug-likeness (QED) is 0.524. The van der Waals surface area contributed by atoms with E-state index in [0.717, 1.165) is 33.9 Å². The summed E-state index contributed by atoms with van der Waals surface area (Å²) in [5, 5.41) is 20.9. The van der Waals surface area contributed by atoms with Crippen LogP contribution in [0.1, 0.15) is 17.9 Å². The van der Waals surface area contributed by atoms with Gasteiger partial charge in [0.15, 0.2) is 0 Å². The number of hydrogen-bond donors (Lipinski definition) is 2. The van der Waals surface area contributed by atoms with E-state index in [9.17, 15) is 10.0 Å². The van der Waals surface area contributed by atoms with Crippen LogP contribution in [0.2, 0.25) is 0 Å². The fourth-order valence-corrected chi connectivity index (χ4v) is 4.43. The van der Waals surface area contributed by atoms with E-state index in [1.807, 2.05) is 24.3 Å². The molecule has 0 saturated heterocycles. The van der Waals surface area contributed by atoms with Gasteiger partial charge < -0.3 is 19.2 Å². The van der Waals surface area contributed by atoms with Gasteiger partial charge in [-0.15, -0.1) is 0 Å². The summed E-state index contributed by atoms with van der Waals surface area (Å²) in [4.78, 5) is 0. The number of furan rings is 1. The highest BCUT2D eigenvalue weighted by atomic mass is 16.5. The van der Waals surface area contributed by atoms with E-state index in [1.165, 1.54) is 16.7 Å². The molecule has 6 rings (SSSR count). The molecule has 1 atom stereocenters. The first-order valence-corrected chi connectivity index (χ1v) is 9.69. The summed E-state index contributed by atoms with van der Waals surface area (Å²) >= 11 is 0. The summed E-state index contributed by atoms with van der Waals surface area (Å²) in [6, 6.07) is 21.9. The lowest BCUT2D eigenvalue weighted by Gasteiger charge is -2.11. The van der Waals surface area contributed by atoms with Crippen LogP contribution in [0.25, 0.3) is 33.9 Å². The van der Waals surface area contributed by atoms with Gasteiger partial charge in [0, 0.05) is 10.9 Å². The lowest BCUT2D eigenvalue weighted by Crippen LogP contribution is -2.32. The van der Waals surface area contributed by atoms with Gasteiger partial charge in [0.25, 0.3) is 0 Å². The maximum absolute atomic E-state index is 9.57. The van der Waals surface area contributed by atoms with E-state index in [4.69, 9.17) is 9.15 Å². The highest BCUT2D eigenvalue weighted by Gasteiger charge is 2.33. The van der Waals surface area contributed by atoms with Crippen molar-refractivity contribution in [2.45, 2.75) is 12.3 Å². The molecule has 140 valence electrons. The number of benzene rings is 3. The van der Waals surface area contributed by atoms with Crippen molar-refractivity contribution in [1.82, 2.24) is 0 Å². The van der Waals surface area contributed by atoms with Crippen LogP contribution in [0.5, 0.6) is 5.75 Å². The molecular weight excluding hydrogens is 363 g/mol. The van der Waals surface area contributed by atoms with Crippen molar-refractivity contribution < 1.29 is 19.2 Å². The average molecular weight is 380 g/mol. The zero-order valence-electron chi connectivity index (χ0n) is 15.5. The van der Waals surface area contributed by atoms with Gasteiger partial charge in [0.05, 0.1) is 11.1 Å². The SMILES string of the molecule is OB(O)c1ccc2oc3c(c2c1)=C1Oc2ccc(-c4ccccc4)cc2C1CC=3. The first kappa shape index (κ1) is 16.7. The Morgan fingerprint density at radius 2 is 1.76 bits per heavy atom. The van der Waals surface area contributed by atoms with Crippen LogP contribution in [-0.2, 0) is 0 Å². The maximum Gasteiger partial charge on any atom is 0.488 e. The predicted molar refractivity (Wildman–Crippen MR) is 113 cm³/mol. The van der Waals surface area contributed by atoms with Crippen LogP contribution >= 0.6 is 0 Å². The van der Waals surface area contributed by atoms with Crippen LogP contribution in [0.15, 0.2) is 71.1 Å². The van der Waals surface area contributed by atoms with Crippen LogP contribution in [0, 0.1) is 0 Å². The zero-order chi connectivity index (χ0) is 19.5. The molecule has 1 aliphatic carbocycles. The molecule has 0 radical (unpaired) electrons. The molecular formula is C24H17BO4. The Hall–Kier alpha value is -3.28. The molecule has 2 aliphatic rings. The van der Waals surface area contributed by atoms with Gasteiger partial charge in [0.1, 0.15) is 22.5 Å². The lowest BCUT2D eigenvalue weighted by atomic mass is 9.79. The van der Waals surface area contributed by atoms with Crippen LogP contribution in [0.4, 0.5) is 0 Å². The van der Waals surface area contributed by atoms with Gasteiger partial charge in [-0.2, -0.15) is 0 Å². The topological polar surface area (TPSA) is 62.8 Å². The molecule has 5 heteroatoms. The normalized spacial score (nSPS) is 16.6. The van der Waals surface area contributed by atoms with Crippen molar-refractivity contribution in [2.75, 3.05) is 0 Å². The summed E-state index contributed by atoms with van der Waals surface area (Å²) in [6.07, 6.45) is 2.91. The minimum atomic E-state index is -1.52. The second-order valence-electron chi connectivity index (χ2n) is 7.55. The fourth-order valence-electron chi connectivity index (χ4n) is 4.43. The highest BCUT2D eigenvalue weighted by Crippen LogP contribution is 2.45. The molecule has 0 fully saturated rings. The third-order valence-electron chi connectivity index (χ3n) is 5.85. The summed E-state index contributed by atoms with van der Waals surface area (Å²) in [5.41, 5.74) is 5.46. The van der Waals surface area contributed by atoms with Gasteiger partial charge in [-0.05, 0) is 47.3 Å². The van der Waals surface area contributed by atoms with Crippen LogP contribution in [0.3, 0.4) is 0 Å². The Balaban J connectivity index is 1.56. The lowest BCUT2D eigenvalue weighted by molar-refractivity contribution is 0.426. The third-order valence-corrected chi connectivity index (χ3v) is 5.85. The summed E-state index contributed by atoms with van der Waals surface area (Å²) in [6.45, 7) is 0. The molecule has 4 nitrogen and oxygen atoms in total. The van der Waals surface area contributed by atoms with E-state index >= 15 is 0 Å². The summed E-state index contributed by atoms with van der Waals surface area (Å²) in [7, 11) is -1.52. The van der Waals surface area contributed by atoms with Gasteiger partial charge >= 0.3 is 7.12 Å². The molecule has 3 aromatic carbocycles. The van der Waals surface area contributed by atoms with Crippen molar-refractivity contribution in [3.8, 4) is 16.9 Å². The molecule has 0 spiro atoms. The molecule has 1 aromatic heterocycles. The van der Waals surface area contributed by atoms with Crippen molar-refractivity contribution >= 4 is 35.4 Å². The van der Waals surface area contributed by atoms with E-state index in [1.54, 1.807) is 18.2 Å². The summed E-state index contributed by atoms with van der Waals surface area (Å²) in [5.74, 6) is 1.88. The second kappa shape index (κ2) is 6.11. The largest absolute Gasteiger partial charge is 0.488 e. The average Bonchev–Trinajstić information content (AvgIpc) is 3.31. The van der Waals surface area contributed by atoms with E-state index in [-0.39, 0.29) is 5.92 Å². The Labute approximate surface area is 167 Å². The Kier molecular flexibility index (Phi) is 3.51. The molecule has 4 aromatic rings. The molecule has 0 bridgehead atoms. The smallest absolute Gasteiger partial charge is 0.460 e. The number of fused-ring (bicyclic) bond motifs is 6. The predicted octanol–water partition coefficient (Wildman–Crippen LogP) is 2.25. The van der Waals surface area contributed by atoms with Gasteiger partial charge in [-0.25, -0.2) is 0 Å². The second-order valence-corrected chi connectivity index (χ2v) is 7.55. The Bertz CT molecular complexity index is 1390. The number of hydrogen-bond acceptors (Lipinski definition) is 4. The van der Waals surface area contributed by atoms with Crippen LogP contribution < -0.4 is 20.8 Å². The van der Waals surface area contributed by atoms with Crippen molar-refractivity contribution in [1.29, 1.82) is 0 Å². The van der Waals surface area contributed by atoms with E-state index in [2.05, 4.69) is 30.3 Å². The molecule has 1 unspecified atom stereocenters. The molecule has 2 heterocycles. The number of ether oxygens (including phenoxy) is 1. The first-order chi connectivity index (χ1) is 14.2. The third kappa shape index (κ3) is 2.48. The van der Waals surface area contributed by atoms with Crippen molar-refractivity contribution in [3.05, 3.63) is 82.9 Å². The van der Waals surface area contributed by atoms with Crippen LogP contribution in [-0.4, -0.2) is 17.2 Å². The molecule has 0 saturated carbocycles. The molecule has 1 aliphatic heterocycles. The Morgan fingerprint density at radius 1 is 0.897 bits per heavy atom. The van der Waals surface area contributed by atoms with Crippen molar-refractivity contribution in [3.63, 3.8) is 0 Å². The first-order valence-electron chi connectivity index (χ1n) is 9.69. The highest BCUT2D eigenvalue weighted by molar-refractivity contribution is 6.58. The standard InChI is InChI=1S/C24H17BO4/c26-25(27)16-7-10-21-19(13-16)23-22(28-21)11-8-17-18-12-15(14-4-2-1-3-5-14)6-9-20(18)29-24(17)23/h1-7,9-13,17,26-27H,8H2. The molecule has 29 heavy (non-hydrogen) atoms. The minimum Gasteiger partial charge on any atom is -0.460 e. The maximum atomic E-state index is 9.57. The molecule has 0 amide bonds. The zero-order valence-corrected chi connectivity index (χ0v) is 15.5.